The fourth-order valence-electron chi connectivity index (χ4n) is 1.85. The van der Waals surface area contributed by atoms with E-state index in [-0.39, 0.29) is 18.7 Å². The average molecular weight is 246 g/mol. The fourth-order valence-corrected chi connectivity index (χ4v) is 1.85. The van der Waals surface area contributed by atoms with E-state index in [1.165, 1.54) is 4.68 Å². The number of rotatable bonds is 4. The summed E-state index contributed by atoms with van der Waals surface area (Å²) >= 11 is 0. The highest BCUT2D eigenvalue weighted by Crippen LogP contribution is 2.16. The lowest BCUT2D eigenvalue weighted by atomic mass is 10.2. The number of carbonyl (C=O) groups is 2. The van der Waals surface area contributed by atoms with E-state index in [0.717, 1.165) is 16.5 Å². The number of benzene rings is 1. The highest BCUT2D eigenvalue weighted by Gasteiger charge is 2.11. The number of aliphatic carboxylic acids is 1. The summed E-state index contributed by atoms with van der Waals surface area (Å²) in [4.78, 5) is 22.3. The number of carboxylic acid groups (broad SMARTS) is 1. The van der Waals surface area contributed by atoms with E-state index in [9.17, 15) is 9.59 Å². The van der Waals surface area contributed by atoms with Crippen LogP contribution in [0.15, 0.2) is 24.4 Å². The predicted molar refractivity (Wildman–Crippen MR) is 66.6 cm³/mol. The van der Waals surface area contributed by atoms with Crippen LogP contribution in [0.3, 0.4) is 0 Å². The van der Waals surface area contributed by atoms with Gasteiger partial charge in [0.25, 0.3) is 0 Å². The molecule has 94 valence electrons. The monoisotopic (exact) mass is 246 g/mol. The normalized spacial score (nSPS) is 10.7. The predicted octanol–water partition coefficient (Wildman–Crippen LogP) is 2.24. The minimum Gasteiger partial charge on any atom is -0.481 e. The first-order valence-corrected chi connectivity index (χ1v) is 5.77. The van der Waals surface area contributed by atoms with Crippen LogP contribution in [0.1, 0.15) is 29.6 Å². The maximum atomic E-state index is 11.9. The number of carbonyl (C=O) groups excluding carboxylic acids is 1. The Labute approximate surface area is 104 Å². The Morgan fingerprint density at radius 2 is 2.11 bits per heavy atom. The molecule has 0 fully saturated rings. The molecule has 1 N–H and O–H groups in total. The highest BCUT2D eigenvalue weighted by molar-refractivity contribution is 5.91. The molecule has 5 heteroatoms. The van der Waals surface area contributed by atoms with Gasteiger partial charge in [-0.05, 0) is 25.5 Å². The molecule has 0 saturated carbocycles. The fraction of sp³-hybridized carbons (Fsp3) is 0.308. The molecule has 5 nitrogen and oxygen atoms in total. The molecule has 0 atom stereocenters. The number of carboxylic acids is 1. The summed E-state index contributed by atoms with van der Waals surface area (Å²) in [7, 11) is 0. The van der Waals surface area contributed by atoms with Gasteiger partial charge in [0.05, 0.1) is 11.7 Å². The largest absolute Gasteiger partial charge is 0.481 e. The quantitative estimate of drug-likeness (QED) is 0.897. The van der Waals surface area contributed by atoms with Crippen molar-refractivity contribution >= 4 is 22.8 Å². The molecule has 0 amide bonds. The summed E-state index contributed by atoms with van der Waals surface area (Å²) in [5.74, 6) is -1.06. The van der Waals surface area contributed by atoms with Crippen LogP contribution in [0.5, 0.6) is 0 Å². The molecule has 0 spiro atoms. The third-order valence-corrected chi connectivity index (χ3v) is 2.74. The van der Waals surface area contributed by atoms with Crippen LogP contribution in [0.2, 0.25) is 0 Å². The van der Waals surface area contributed by atoms with E-state index < -0.39 is 5.97 Å². The molecule has 0 aliphatic rings. The van der Waals surface area contributed by atoms with Crippen LogP contribution in [-0.4, -0.2) is 26.8 Å². The minimum absolute atomic E-state index is 0.00402. The Balaban J connectivity index is 2.15. The first kappa shape index (κ1) is 12.3. The summed E-state index contributed by atoms with van der Waals surface area (Å²) in [6.07, 6.45) is 2.18. The van der Waals surface area contributed by atoms with E-state index in [2.05, 4.69) is 5.10 Å². The lowest BCUT2D eigenvalue weighted by Crippen LogP contribution is -2.12. The second kappa shape index (κ2) is 5.00. The number of nitrogens with zero attached hydrogens (tertiary/aromatic N) is 2. The van der Waals surface area contributed by atoms with Gasteiger partial charge in [0.1, 0.15) is 0 Å². The molecule has 2 aromatic rings. The van der Waals surface area contributed by atoms with E-state index >= 15 is 0 Å². The molecule has 2 rings (SSSR count). The average Bonchev–Trinajstić information content (AvgIpc) is 2.71. The number of hydrogen-bond acceptors (Lipinski definition) is 3. The molecule has 1 aromatic carbocycles. The standard InChI is InChI=1S/C13H14N2O3/c1-9-5-6-11-10(7-9)8-14-15(11)12(16)3-2-4-13(17)18/h5-8H,2-4H2,1H3,(H,17,18). The summed E-state index contributed by atoms with van der Waals surface area (Å²) < 4.78 is 1.34. The highest BCUT2D eigenvalue weighted by atomic mass is 16.4. The van der Waals surface area contributed by atoms with Crippen LogP contribution >= 0.6 is 0 Å². The Hall–Kier alpha value is -2.17. The zero-order valence-electron chi connectivity index (χ0n) is 10.1. The maximum absolute atomic E-state index is 11.9. The molecule has 1 aromatic heterocycles. The van der Waals surface area contributed by atoms with Crippen LogP contribution < -0.4 is 0 Å². The lowest BCUT2D eigenvalue weighted by molar-refractivity contribution is -0.137. The van der Waals surface area contributed by atoms with Gasteiger partial charge < -0.3 is 5.11 Å². The first-order chi connectivity index (χ1) is 8.58. The molecule has 0 radical (unpaired) electrons. The topological polar surface area (TPSA) is 72.2 Å². The first-order valence-electron chi connectivity index (χ1n) is 5.77. The van der Waals surface area contributed by atoms with Crippen molar-refractivity contribution in [2.45, 2.75) is 26.2 Å². The third-order valence-electron chi connectivity index (χ3n) is 2.74. The Morgan fingerprint density at radius 3 is 2.83 bits per heavy atom. The Kier molecular flexibility index (Phi) is 3.41. The van der Waals surface area contributed by atoms with Crippen molar-refractivity contribution in [3.8, 4) is 0 Å². The van der Waals surface area contributed by atoms with E-state index in [1.54, 1.807) is 6.20 Å². The molecule has 0 aliphatic heterocycles. The van der Waals surface area contributed by atoms with Gasteiger partial charge >= 0.3 is 5.97 Å². The van der Waals surface area contributed by atoms with Crippen LogP contribution in [0.25, 0.3) is 10.9 Å². The number of hydrogen-bond donors (Lipinski definition) is 1. The van der Waals surface area contributed by atoms with Gasteiger partial charge in [0, 0.05) is 18.2 Å². The van der Waals surface area contributed by atoms with Gasteiger partial charge in [-0.3, -0.25) is 9.59 Å². The second-order valence-corrected chi connectivity index (χ2v) is 4.26. The van der Waals surface area contributed by atoms with Gasteiger partial charge in [-0.1, -0.05) is 11.6 Å². The van der Waals surface area contributed by atoms with Crippen molar-refractivity contribution in [2.75, 3.05) is 0 Å². The van der Waals surface area contributed by atoms with Crippen LogP contribution in [0, 0.1) is 6.92 Å². The Bertz CT molecular complexity index is 601. The lowest BCUT2D eigenvalue weighted by Gasteiger charge is -2.01. The van der Waals surface area contributed by atoms with Crippen molar-refractivity contribution in [3.63, 3.8) is 0 Å². The van der Waals surface area contributed by atoms with E-state index in [4.69, 9.17) is 5.11 Å². The van der Waals surface area contributed by atoms with Gasteiger partial charge in [0.15, 0.2) is 0 Å². The van der Waals surface area contributed by atoms with Crippen molar-refractivity contribution in [1.82, 2.24) is 9.78 Å². The van der Waals surface area contributed by atoms with Crippen LogP contribution in [-0.2, 0) is 4.79 Å². The van der Waals surface area contributed by atoms with Crippen molar-refractivity contribution in [3.05, 3.63) is 30.0 Å². The van der Waals surface area contributed by atoms with Crippen molar-refractivity contribution < 1.29 is 14.7 Å². The van der Waals surface area contributed by atoms with E-state index in [0.29, 0.717) is 6.42 Å². The molecule has 0 saturated heterocycles. The SMILES string of the molecule is Cc1ccc2c(cnn2C(=O)CCCC(=O)O)c1. The zero-order chi connectivity index (χ0) is 13.1. The number of aromatic nitrogens is 2. The molecular weight excluding hydrogens is 232 g/mol. The van der Waals surface area contributed by atoms with Crippen molar-refractivity contribution in [1.29, 1.82) is 0 Å². The molecule has 0 aliphatic carbocycles. The molecule has 0 unspecified atom stereocenters. The van der Waals surface area contributed by atoms with Crippen molar-refractivity contribution in [2.24, 2.45) is 0 Å². The zero-order valence-corrected chi connectivity index (χ0v) is 10.1. The van der Waals surface area contributed by atoms with Gasteiger partial charge in [-0.15, -0.1) is 0 Å². The van der Waals surface area contributed by atoms with Gasteiger partial charge in [-0.2, -0.15) is 5.10 Å². The minimum atomic E-state index is -0.885. The van der Waals surface area contributed by atoms with Gasteiger partial charge in [0.2, 0.25) is 5.91 Å². The second-order valence-electron chi connectivity index (χ2n) is 4.26. The summed E-state index contributed by atoms with van der Waals surface area (Å²) in [6, 6.07) is 5.74. The number of aryl methyl sites for hydroxylation is 1. The van der Waals surface area contributed by atoms with Gasteiger partial charge in [-0.25, -0.2) is 4.68 Å². The molecule has 1 heterocycles. The van der Waals surface area contributed by atoms with Crippen LogP contribution in [0.4, 0.5) is 0 Å². The summed E-state index contributed by atoms with van der Waals surface area (Å²) in [6.45, 7) is 1.98. The Morgan fingerprint density at radius 1 is 1.33 bits per heavy atom. The summed E-state index contributed by atoms with van der Waals surface area (Å²) in [5.41, 5.74) is 1.88. The third kappa shape index (κ3) is 2.56. The van der Waals surface area contributed by atoms with E-state index in [1.807, 2.05) is 25.1 Å². The molecule has 0 bridgehead atoms. The maximum Gasteiger partial charge on any atom is 0.303 e. The summed E-state index contributed by atoms with van der Waals surface area (Å²) in [5, 5.41) is 13.5. The smallest absolute Gasteiger partial charge is 0.303 e. The molecular formula is C13H14N2O3. The number of fused-ring (bicyclic) bond motifs is 1. The molecule has 18 heavy (non-hydrogen) atoms.